The van der Waals surface area contributed by atoms with Gasteiger partial charge in [0.1, 0.15) is 23.6 Å². The van der Waals surface area contributed by atoms with Gasteiger partial charge in [0.2, 0.25) is 17.7 Å². The molecule has 6 rings (SSSR count). The molecule has 0 aliphatic carbocycles. The predicted octanol–water partition coefficient (Wildman–Crippen LogP) is 6.14. The van der Waals surface area contributed by atoms with Crippen LogP contribution in [0.15, 0.2) is 90.6 Å². The van der Waals surface area contributed by atoms with Crippen molar-refractivity contribution in [2.24, 2.45) is 5.41 Å². The van der Waals surface area contributed by atoms with Gasteiger partial charge in [-0.2, -0.15) is 0 Å². The molecule has 3 amide bonds. The number of aliphatic hydroxyl groups is 1. The topological polar surface area (TPSA) is 193 Å². The number of para-hydroxylation sites is 1. The molecule has 0 bridgehead atoms. The van der Waals surface area contributed by atoms with Crippen LogP contribution in [0.3, 0.4) is 0 Å². The van der Waals surface area contributed by atoms with Crippen molar-refractivity contribution in [3.63, 3.8) is 0 Å². The van der Waals surface area contributed by atoms with Gasteiger partial charge in [-0.15, -0.1) is 21.5 Å². The van der Waals surface area contributed by atoms with Gasteiger partial charge >= 0.3 is 0 Å². The van der Waals surface area contributed by atoms with Crippen LogP contribution in [0.25, 0.3) is 32.8 Å². The summed E-state index contributed by atoms with van der Waals surface area (Å²) in [5.74, 6) is -0.0371. The second kappa shape index (κ2) is 17.9. The number of nitrogens with one attached hydrogen (secondary N) is 2. The number of β-amino-alcohol motifs (C(OH)–C–C–N with tert-alkyl or cyclic N) is 1. The number of aromatic nitrogens is 3. The van der Waals surface area contributed by atoms with Crippen molar-refractivity contribution in [1.29, 1.82) is 0 Å². The first-order chi connectivity index (χ1) is 27.3. The lowest BCUT2D eigenvalue weighted by Gasteiger charge is -2.35. The number of aromatic hydroxyl groups is 1. The normalized spacial score (nSPS) is 16.5. The van der Waals surface area contributed by atoms with Crippen molar-refractivity contribution in [1.82, 2.24) is 30.7 Å². The lowest BCUT2D eigenvalue weighted by molar-refractivity contribution is -0.144. The Balaban J connectivity index is 0.984. The number of likely N-dealkylation sites (tertiary alicyclic amines) is 1. The van der Waals surface area contributed by atoms with Gasteiger partial charge < -0.3 is 36.2 Å². The van der Waals surface area contributed by atoms with Crippen LogP contribution in [-0.2, 0) is 14.4 Å². The number of nitrogens with zero attached hydrogens (tertiary/aromatic N) is 4. The SMILES string of the molecule is C[C@H](NC(=O)[C@@H]1C[C@@H](O)CN1C(=O)[C@@H](NC(=O)CCCCOc1ccc(-c2cc(-c3ccccc3O)nnc2N)cc1)C(C)(C)C)c1ccc(-c2cncs2)cc1. The molecule has 6 N–H and O–H groups in total. The van der Waals surface area contributed by atoms with Crippen LogP contribution in [0.2, 0.25) is 0 Å². The van der Waals surface area contributed by atoms with Gasteiger partial charge in [-0.25, -0.2) is 0 Å². The van der Waals surface area contributed by atoms with Gasteiger partial charge in [0.15, 0.2) is 5.82 Å². The molecule has 1 fully saturated rings. The number of phenols is 1. The molecule has 0 saturated carbocycles. The maximum atomic E-state index is 14.0. The Bertz CT molecular complexity index is 2160. The van der Waals surface area contributed by atoms with Crippen molar-refractivity contribution < 1.29 is 29.3 Å². The number of benzene rings is 3. The number of nitrogens with two attached hydrogens (primary N) is 1. The van der Waals surface area contributed by atoms with Crippen molar-refractivity contribution in [2.45, 2.75) is 77.6 Å². The summed E-state index contributed by atoms with van der Waals surface area (Å²) in [5.41, 5.74) is 11.7. The molecule has 298 valence electrons. The zero-order valence-electron chi connectivity index (χ0n) is 32.5. The summed E-state index contributed by atoms with van der Waals surface area (Å²) in [6.07, 6.45) is 2.37. The standard InChI is InChI=1S/C43H49N7O6S/c1-26(27-12-14-29(15-13-27)37-23-45-25-57-37)46-41(54)35-21-30(51)24-50(35)42(55)39(43(2,3)4)47-38(53)11-7-8-20-56-31-18-16-28(17-19-31)33-22-34(48-49-40(33)44)32-9-5-6-10-36(32)52/h5-6,9-10,12-19,22-23,25-26,30,35,39,51-52H,7-8,11,20-21,24H2,1-4H3,(H2,44,49)(H,46,54)(H,47,53)/t26-,30+,35-,39+/m0/s1. The maximum Gasteiger partial charge on any atom is 0.246 e. The zero-order valence-corrected chi connectivity index (χ0v) is 33.3. The quantitative estimate of drug-likeness (QED) is 0.0816. The van der Waals surface area contributed by atoms with Crippen LogP contribution in [0.1, 0.15) is 65.0 Å². The molecule has 13 nitrogen and oxygen atoms in total. The van der Waals surface area contributed by atoms with E-state index in [4.69, 9.17) is 10.5 Å². The Hall–Kier alpha value is -5.86. The van der Waals surface area contributed by atoms with Crippen LogP contribution < -0.4 is 21.1 Å². The van der Waals surface area contributed by atoms with E-state index >= 15 is 0 Å². The third-order valence-corrected chi connectivity index (χ3v) is 10.8. The van der Waals surface area contributed by atoms with E-state index in [1.807, 2.05) is 88.5 Å². The zero-order chi connectivity index (χ0) is 40.7. The molecule has 1 aliphatic rings. The van der Waals surface area contributed by atoms with Crippen molar-refractivity contribution in [3.8, 4) is 44.3 Å². The van der Waals surface area contributed by atoms with Gasteiger partial charge in [0.05, 0.1) is 34.8 Å². The lowest BCUT2D eigenvalue weighted by atomic mass is 9.85. The van der Waals surface area contributed by atoms with Gasteiger partial charge in [0, 0.05) is 36.7 Å². The Morgan fingerprint density at radius 3 is 2.37 bits per heavy atom. The summed E-state index contributed by atoms with van der Waals surface area (Å²) < 4.78 is 5.93. The molecule has 0 radical (unpaired) electrons. The smallest absolute Gasteiger partial charge is 0.246 e. The largest absolute Gasteiger partial charge is 0.507 e. The van der Waals surface area contributed by atoms with Gasteiger partial charge in [-0.1, -0.05) is 69.3 Å². The second-order valence-electron chi connectivity index (χ2n) is 15.4. The third-order valence-electron chi connectivity index (χ3n) is 10.0. The molecule has 1 aliphatic heterocycles. The average Bonchev–Trinajstić information content (AvgIpc) is 3.88. The minimum Gasteiger partial charge on any atom is -0.507 e. The number of hydrogen-bond donors (Lipinski definition) is 5. The Morgan fingerprint density at radius 1 is 0.965 bits per heavy atom. The molecule has 57 heavy (non-hydrogen) atoms. The van der Waals surface area contributed by atoms with Gasteiger partial charge in [-0.05, 0) is 72.2 Å². The molecule has 5 aromatic rings. The molecule has 4 atom stereocenters. The van der Waals surface area contributed by atoms with Crippen LogP contribution in [0.4, 0.5) is 5.82 Å². The number of anilines is 1. The number of unbranched alkanes of at least 4 members (excludes halogenated alkanes) is 1. The highest BCUT2D eigenvalue weighted by molar-refractivity contribution is 7.13. The number of phenolic OH excluding ortho intramolecular Hbond substituents is 1. The minimum absolute atomic E-state index is 0.00171. The second-order valence-corrected chi connectivity index (χ2v) is 16.2. The molecule has 0 spiro atoms. The number of thiazole rings is 1. The highest BCUT2D eigenvalue weighted by atomic mass is 32.1. The van der Waals surface area contributed by atoms with E-state index in [9.17, 15) is 24.6 Å². The van der Waals surface area contributed by atoms with Gasteiger partial charge in [0.25, 0.3) is 0 Å². The van der Waals surface area contributed by atoms with Gasteiger partial charge in [-0.3, -0.25) is 19.4 Å². The number of rotatable bonds is 14. The molecular weight excluding hydrogens is 743 g/mol. The number of amides is 3. The van der Waals surface area contributed by atoms with E-state index in [0.29, 0.717) is 42.0 Å². The number of carbonyl (C=O) groups is 3. The van der Waals surface area contributed by atoms with E-state index in [1.54, 1.807) is 41.1 Å². The summed E-state index contributed by atoms with van der Waals surface area (Å²) in [6.45, 7) is 7.84. The lowest BCUT2D eigenvalue weighted by Crippen LogP contribution is -2.57. The van der Waals surface area contributed by atoms with Crippen LogP contribution in [0.5, 0.6) is 11.5 Å². The summed E-state index contributed by atoms with van der Waals surface area (Å²) >= 11 is 1.55. The Labute approximate surface area is 336 Å². The number of carbonyl (C=O) groups excluding carboxylic acids is 3. The fourth-order valence-corrected chi connectivity index (χ4v) is 7.43. The minimum atomic E-state index is -0.906. The van der Waals surface area contributed by atoms with E-state index in [1.165, 1.54) is 4.90 Å². The fourth-order valence-electron chi connectivity index (χ4n) is 6.80. The number of nitrogen functional groups attached to an aromatic ring is 1. The summed E-state index contributed by atoms with van der Waals surface area (Å²) in [6, 6.07) is 21.8. The van der Waals surface area contributed by atoms with Crippen LogP contribution in [0, 0.1) is 5.41 Å². The summed E-state index contributed by atoms with van der Waals surface area (Å²) in [7, 11) is 0. The first-order valence-corrected chi connectivity index (χ1v) is 19.9. The Kier molecular flexibility index (Phi) is 12.8. The van der Waals surface area contributed by atoms with Crippen molar-refractivity contribution in [3.05, 3.63) is 96.1 Å². The van der Waals surface area contributed by atoms with Crippen LogP contribution >= 0.6 is 11.3 Å². The highest BCUT2D eigenvalue weighted by Gasteiger charge is 2.44. The molecule has 14 heteroatoms. The molecular formula is C43H49N7O6S. The summed E-state index contributed by atoms with van der Waals surface area (Å²) in [5, 5.41) is 35.0. The summed E-state index contributed by atoms with van der Waals surface area (Å²) in [4.78, 5) is 47.4. The van der Waals surface area contributed by atoms with E-state index in [0.717, 1.165) is 21.6 Å². The van der Waals surface area contributed by atoms with Crippen molar-refractivity contribution >= 4 is 34.9 Å². The number of hydrogen-bond acceptors (Lipinski definition) is 11. The average molecular weight is 792 g/mol. The van der Waals surface area contributed by atoms with Crippen LogP contribution in [-0.4, -0.2) is 79.4 Å². The third kappa shape index (κ3) is 10.1. The highest BCUT2D eigenvalue weighted by Crippen LogP contribution is 2.33. The van der Waals surface area contributed by atoms with Crippen molar-refractivity contribution in [2.75, 3.05) is 18.9 Å². The first kappa shape index (κ1) is 40.8. The molecule has 3 heterocycles. The predicted molar refractivity (Wildman–Crippen MR) is 220 cm³/mol. The van der Waals surface area contributed by atoms with E-state index in [2.05, 4.69) is 25.8 Å². The first-order valence-electron chi connectivity index (χ1n) is 19.0. The fraction of sp³-hybridized carbons (Fsp3) is 0.349. The molecule has 0 unspecified atom stereocenters. The maximum absolute atomic E-state index is 14.0. The molecule has 3 aromatic carbocycles. The monoisotopic (exact) mass is 791 g/mol. The van der Waals surface area contributed by atoms with E-state index < -0.39 is 29.5 Å². The number of ether oxygens (including phenoxy) is 1. The number of aliphatic hydroxyl groups excluding tert-OH is 1. The van der Waals surface area contributed by atoms with E-state index in [-0.39, 0.29) is 48.8 Å². The molecule has 2 aromatic heterocycles. The molecule has 1 saturated heterocycles. The Morgan fingerprint density at radius 2 is 1.68 bits per heavy atom.